The molecule has 0 atom stereocenters. The molecule has 0 radical (unpaired) electrons. The number of hydrogen-bond donors (Lipinski definition) is 1. The van der Waals surface area contributed by atoms with Gasteiger partial charge in [0.1, 0.15) is 0 Å². The van der Waals surface area contributed by atoms with E-state index in [1.54, 1.807) is 0 Å². The molecule has 0 aromatic carbocycles. The lowest BCUT2D eigenvalue weighted by Crippen LogP contribution is -2.48. The number of nitrogens with one attached hydrogen (secondary N) is 1. The average molecular weight is 227 g/mol. The van der Waals surface area contributed by atoms with Gasteiger partial charge in [-0.1, -0.05) is 26.2 Å². The molecule has 0 aromatic rings. The molecule has 16 heavy (non-hydrogen) atoms. The van der Waals surface area contributed by atoms with Crippen molar-refractivity contribution in [3.8, 4) is 0 Å². The SMILES string of the molecule is CCCCOC1(CNC(C)(C)C)CCCC1. The van der Waals surface area contributed by atoms with Crippen molar-refractivity contribution in [3.63, 3.8) is 0 Å². The van der Waals surface area contributed by atoms with Crippen molar-refractivity contribution in [2.75, 3.05) is 13.2 Å². The van der Waals surface area contributed by atoms with Crippen molar-refractivity contribution in [1.29, 1.82) is 0 Å². The molecule has 2 heteroatoms. The lowest BCUT2D eigenvalue weighted by molar-refractivity contribution is -0.0436. The molecular formula is C14H29NO. The molecule has 1 N–H and O–H groups in total. The van der Waals surface area contributed by atoms with Crippen LogP contribution in [0.5, 0.6) is 0 Å². The van der Waals surface area contributed by atoms with E-state index in [9.17, 15) is 0 Å². The van der Waals surface area contributed by atoms with E-state index in [4.69, 9.17) is 4.74 Å². The second kappa shape index (κ2) is 6.02. The summed E-state index contributed by atoms with van der Waals surface area (Å²) in [4.78, 5) is 0. The molecule has 0 unspecified atom stereocenters. The van der Waals surface area contributed by atoms with Crippen molar-refractivity contribution in [2.24, 2.45) is 0 Å². The van der Waals surface area contributed by atoms with Gasteiger partial charge in [0.25, 0.3) is 0 Å². The van der Waals surface area contributed by atoms with Crippen molar-refractivity contribution < 1.29 is 4.74 Å². The fourth-order valence-electron chi connectivity index (χ4n) is 2.25. The van der Waals surface area contributed by atoms with Gasteiger partial charge in [-0.2, -0.15) is 0 Å². The highest BCUT2D eigenvalue weighted by Gasteiger charge is 2.35. The molecule has 1 saturated carbocycles. The largest absolute Gasteiger partial charge is 0.374 e. The van der Waals surface area contributed by atoms with E-state index in [1.807, 2.05) is 0 Å². The number of rotatable bonds is 6. The molecule has 1 aliphatic carbocycles. The van der Waals surface area contributed by atoms with Gasteiger partial charge < -0.3 is 10.1 Å². The first-order valence-electron chi connectivity index (χ1n) is 6.86. The molecule has 0 spiro atoms. The Balaban J connectivity index is 2.39. The third kappa shape index (κ3) is 4.84. The summed E-state index contributed by atoms with van der Waals surface area (Å²) in [6.45, 7) is 10.8. The minimum atomic E-state index is 0.141. The van der Waals surface area contributed by atoms with Crippen LogP contribution in [0.1, 0.15) is 66.2 Å². The molecule has 1 rings (SSSR count). The Morgan fingerprint density at radius 2 is 1.81 bits per heavy atom. The molecule has 0 saturated heterocycles. The highest BCUT2D eigenvalue weighted by Crippen LogP contribution is 2.33. The number of unbranched alkanes of at least 4 members (excludes halogenated alkanes) is 1. The summed E-state index contributed by atoms with van der Waals surface area (Å²) >= 11 is 0. The zero-order valence-electron chi connectivity index (χ0n) is 11.6. The van der Waals surface area contributed by atoms with Gasteiger partial charge in [-0.3, -0.25) is 0 Å². The minimum Gasteiger partial charge on any atom is -0.374 e. The van der Waals surface area contributed by atoms with E-state index >= 15 is 0 Å². The van der Waals surface area contributed by atoms with Crippen LogP contribution in [0, 0.1) is 0 Å². The van der Waals surface area contributed by atoms with Crippen LogP contribution >= 0.6 is 0 Å². The fourth-order valence-corrected chi connectivity index (χ4v) is 2.25. The molecule has 1 aliphatic rings. The van der Waals surface area contributed by atoms with E-state index < -0.39 is 0 Å². The second-order valence-electron chi connectivity index (χ2n) is 6.20. The smallest absolute Gasteiger partial charge is 0.0806 e. The molecule has 0 amide bonds. The Hall–Kier alpha value is -0.0800. The van der Waals surface area contributed by atoms with E-state index in [0.29, 0.717) is 0 Å². The summed E-state index contributed by atoms with van der Waals surface area (Å²) in [6.07, 6.45) is 7.55. The maximum Gasteiger partial charge on any atom is 0.0806 e. The van der Waals surface area contributed by atoms with E-state index in [2.05, 4.69) is 33.0 Å². The third-order valence-electron chi connectivity index (χ3n) is 3.36. The van der Waals surface area contributed by atoms with Crippen LogP contribution in [-0.4, -0.2) is 24.3 Å². The molecule has 2 nitrogen and oxygen atoms in total. The van der Waals surface area contributed by atoms with Gasteiger partial charge >= 0.3 is 0 Å². The Morgan fingerprint density at radius 3 is 2.31 bits per heavy atom. The van der Waals surface area contributed by atoms with Crippen molar-refractivity contribution in [1.82, 2.24) is 5.32 Å². The second-order valence-corrected chi connectivity index (χ2v) is 6.20. The van der Waals surface area contributed by atoms with Gasteiger partial charge in [-0.05, 0) is 40.0 Å². The number of hydrogen-bond acceptors (Lipinski definition) is 2. The van der Waals surface area contributed by atoms with Crippen molar-refractivity contribution in [2.45, 2.75) is 77.4 Å². The zero-order valence-corrected chi connectivity index (χ0v) is 11.6. The monoisotopic (exact) mass is 227 g/mol. The molecule has 0 aromatic heterocycles. The van der Waals surface area contributed by atoms with Crippen LogP contribution in [0.3, 0.4) is 0 Å². The van der Waals surface area contributed by atoms with Gasteiger partial charge in [0.05, 0.1) is 5.60 Å². The summed E-state index contributed by atoms with van der Waals surface area (Å²) in [5, 5.41) is 3.61. The number of ether oxygens (including phenoxy) is 1. The Bertz CT molecular complexity index is 189. The molecule has 0 bridgehead atoms. The quantitative estimate of drug-likeness (QED) is 0.701. The highest BCUT2D eigenvalue weighted by molar-refractivity contribution is 4.90. The third-order valence-corrected chi connectivity index (χ3v) is 3.36. The van der Waals surface area contributed by atoms with Gasteiger partial charge in [-0.25, -0.2) is 0 Å². The van der Waals surface area contributed by atoms with Gasteiger partial charge in [0.2, 0.25) is 0 Å². The van der Waals surface area contributed by atoms with Crippen molar-refractivity contribution in [3.05, 3.63) is 0 Å². The lowest BCUT2D eigenvalue weighted by atomic mass is 9.99. The normalized spacial score (nSPS) is 20.2. The fraction of sp³-hybridized carbons (Fsp3) is 1.00. The minimum absolute atomic E-state index is 0.141. The molecule has 96 valence electrons. The first kappa shape index (κ1) is 14.0. The first-order chi connectivity index (χ1) is 7.47. The molecular weight excluding hydrogens is 198 g/mol. The van der Waals surface area contributed by atoms with Gasteiger partial charge in [0, 0.05) is 18.7 Å². The van der Waals surface area contributed by atoms with Crippen molar-refractivity contribution >= 4 is 0 Å². The standard InChI is InChI=1S/C14H29NO/c1-5-6-11-16-14(9-7-8-10-14)12-15-13(2,3)4/h15H,5-12H2,1-4H3. The van der Waals surface area contributed by atoms with E-state index in [0.717, 1.165) is 13.2 Å². The maximum atomic E-state index is 6.16. The predicted molar refractivity (Wildman–Crippen MR) is 69.8 cm³/mol. The molecule has 0 aliphatic heterocycles. The topological polar surface area (TPSA) is 21.3 Å². The van der Waals surface area contributed by atoms with Gasteiger partial charge in [0.15, 0.2) is 0 Å². The first-order valence-corrected chi connectivity index (χ1v) is 6.86. The van der Waals surface area contributed by atoms with Crippen LogP contribution in [0.25, 0.3) is 0 Å². The molecule has 0 heterocycles. The van der Waals surface area contributed by atoms with Crippen LogP contribution in [0.4, 0.5) is 0 Å². The Labute approximate surface area is 101 Å². The summed E-state index contributed by atoms with van der Waals surface area (Å²) < 4.78 is 6.16. The molecule has 1 fully saturated rings. The average Bonchev–Trinajstić information content (AvgIpc) is 2.64. The van der Waals surface area contributed by atoms with Crippen LogP contribution in [-0.2, 0) is 4.74 Å². The predicted octanol–water partition coefficient (Wildman–Crippen LogP) is 3.50. The van der Waals surface area contributed by atoms with E-state index in [1.165, 1.54) is 38.5 Å². The van der Waals surface area contributed by atoms with Crippen LogP contribution in [0.15, 0.2) is 0 Å². The summed E-state index contributed by atoms with van der Waals surface area (Å²) in [6, 6.07) is 0. The lowest BCUT2D eigenvalue weighted by Gasteiger charge is -2.33. The van der Waals surface area contributed by atoms with E-state index in [-0.39, 0.29) is 11.1 Å². The summed E-state index contributed by atoms with van der Waals surface area (Å²) in [7, 11) is 0. The van der Waals surface area contributed by atoms with Crippen LogP contribution in [0.2, 0.25) is 0 Å². The summed E-state index contributed by atoms with van der Waals surface area (Å²) in [5.74, 6) is 0. The Morgan fingerprint density at radius 1 is 1.19 bits per heavy atom. The highest BCUT2D eigenvalue weighted by atomic mass is 16.5. The Kier molecular flexibility index (Phi) is 5.26. The summed E-state index contributed by atoms with van der Waals surface area (Å²) in [5.41, 5.74) is 0.339. The van der Waals surface area contributed by atoms with Crippen LogP contribution < -0.4 is 5.32 Å². The van der Waals surface area contributed by atoms with Gasteiger partial charge in [-0.15, -0.1) is 0 Å². The zero-order chi connectivity index (χ0) is 12.1. The maximum absolute atomic E-state index is 6.16.